The minimum atomic E-state index is -0.657. The molecule has 1 radical (unpaired) electrons. The topological polar surface area (TPSA) is 112 Å². The van der Waals surface area contributed by atoms with Crippen LogP contribution in [0.4, 0.5) is 0 Å². The van der Waals surface area contributed by atoms with Crippen LogP contribution < -0.4 is 0 Å². The van der Waals surface area contributed by atoms with Crippen LogP contribution in [0.15, 0.2) is 0 Å². The van der Waals surface area contributed by atoms with Gasteiger partial charge in [-0.3, -0.25) is 14.4 Å². The molecule has 0 fully saturated rings. The first kappa shape index (κ1) is 55.4. The van der Waals surface area contributed by atoms with Crippen LogP contribution in [0, 0.1) is 37.7 Å². The molecule has 0 amide bonds. The number of aliphatic carboxylic acids is 3. The summed E-state index contributed by atoms with van der Waals surface area (Å²) in [6.45, 7) is 6.74. The number of carboxylic acid groups (broad SMARTS) is 3. The molecule has 299 valence electrons. The average molecular weight is 850 g/mol. The van der Waals surface area contributed by atoms with Gasteiger partial charge in [-0.25, -0.2) is 0 Å². The van der Waals surface area contributed by atoms with Gasteiger partial charge in [-0.2, -0.15) is 0 Å². The zero-order valence-corrected chi connectivity index (χ0v) is 34.8. The number of rotatable bonds is 36. The van der Waals surface area contributed by atoms with Crippen LogP contribution in [-0.2, 0) is 14.4 Å². The fourth-order valence-corrected chi connectivity index (χ4v) is 5.82. The van der Waals surface area contributed by atoms with Gasteiger partial charge in [0, 0.05) is 57.0 Å². The minimum Gasteiger partial charge on any atom is -0.481 e. The van der Waals surface area contributed by atoms with Crippen molar-refractivity contribution in [2.75, 3.05) is 0 Å². The largest absolute Gasteiger partial charge is 0.481 e. The third-order valence-electron chi connectivity index (χ3n) is 8.98. The Hall–Kier alpha value is -0.330. The number of carbonyl (C=O) groups is 3. The molecule has 0 aliphatic carbocycles. The zero-order valence-electron chi connectivity index (χ0n) is 32.8. The Labute approximate surface area is 335 Å². The van der Waals surface area contributed by atoms with Crippen molar-refractivity contribution in [1.82, 2.24) is 0 Å². The van der Waals surface area contributed by atoms with Gasteiger partial charge in [0.05, 0.1) is 0 Å². The Morgan fingerprint density at radius 2 is 0.388 bits per heavy atom. The van der Waals surface area contributed by atoms with Crippen LogP contribution in [-0.4, -0.2) is 33.2 Å². The Morgan fingerprint density at radius 3 is 0.510 bits per heavy atom. The summed E-state index contributed by atoms with van der Waals surface area (Å²) in [6, 6.07) is 0. The summed E-state index contributed by atoms with van der Waals surface area (Å²) in [5.74, 6) is -1.97. The average Bonchev–Trinajstić information content (AvgIpc) is 3.05. The van der Waals surface area contributed by atoms with Crippen molar-refractivity contribution in [2.45, 2.75) is 252 Å². The summed E-state index contributed by atoms with van der Waals surface area (Å²) < 4.78 is 0. The molecule has 0 heterocycles. The van der Waals surface area contributed by atoms with E-state index in [1.54, 1.807) is 0 Å². The van der Waals surface area contributed by atoms with E-state index in [1.807, 2.05) is 0 Å². The SMILES string of the molecule is CCCCCCCCCCCCCC(=O)O.CCCCCCCCCCCCCC(=O)O.CCCCCCCCCCCCCC(=O)O.[Ho]. The molecule has 0 saturated carbocycles. The summed E-state index contributed by atoms with van der Waals surface area (Å²) >= 11 is 0. The molecule has 0 unspecified atom stereocenters. The van der Waals surface area contributed by atoms with Gasteiger partial charge in [-0.05, 0) is 19.3 Å². The van der Waals surface area contributed by atoms with E-state index >= 15 is 0 Å². The van der Waals surface area contributed by atoms with Gasteiger partial charge >= 0.3 is 17.9 Å². The Kier molecular flexibility index (Phi) is 58.9. The maximum atomic E-state index is 10.3. The van der Waals surface area contributed by atoms with Crippen LogP contribution in [0.5, 0.6) is 0 Å². The van der Waals surface area contributed by atoms with E-state index in [-0.39, 0.29) is 37.7 Å². The number of unbranched alkanes of at least 4 members (excludes halogenated alkanes) is 30. The van der Waals surface area contributed by atoms with Crippen molar-refractivity contribution in [3.05, 3.63) is 0 Å². The van der Waals surface area contributed by atoms with E-state index in [2.05, 4.69) is 20.8 Å². The maximum Gasteiger partial charge on any atom is 0.303 e. The quantitative estimate of drug-likeness (QED) is 0.0428. The van der Waals surface area contributed by atoms with Crippen molar-refractivity contribution in [3.8, 4) is 0 Å². The molecule has 6 nitrogen and oxygen atoms in total. The molecular weight excluding hydrogens is 765 g/mol. The van der Waals surface area contributed by atoms with Gasteiger partial charge in [-0.15, -0.1) is 0 Å². The van der Waals surface area contributed by atoms with Gasteiger partial charge in [0.1, 0.15) is 0 Å². The van der Waals surface area contributed by atoms with Gasteiger partial charge in [0.15, 0.2) is 0 Å². The molecule has 7 heteroatoms. The van der Waals surface area contributed by atoms with E-state index in [0.717, 1.165) is 38.5 Å². The number of hydrogen-bond donors (Lipinski definition) is 3. The molecule has 0 aromatic rings. The molecule has 49 heavy (non-hydrogen) atoms. The van der Waals surface area contributed by atoms with E-state index in [1.165, 1.54) is 173 Å². The molecule has 0 aromatic heterocycles. The molecule has 0 aliphatic rings. The van der Waals surface area contributed by atoms with Gasteiger partial charge in [0.25, 0.3) is 0 Å². The summed E-state index contributed by atoms with van der Waals surface area (Å²) in [7, 11) is 0. The summed E-state index contributed by atoms with van der Waals surface area (Å²) in [6.07, 6.45) is 43.1. The summed E-state index contributed by atoms with van der Waals surface area (Å²) in [5, 5.41) is 25.4. The van der Waals surface area contributed by atoms with Crippen molar-refractivity contribution in [3.63, 3.8) is 0 Å². The normalized spacial score (nSPS) is 10.3. The fourth-order valence-electron chi connectivity index (χ4n) is 5.82. The molecule has 0 saturated heterocycles. The van der Waals surface area contributed by atoms with Crippen molar-refractivity contribution < 1.29 is 67.4 Å². The Bertz CT molecular complexity index is 557. The smallest absolute Gasteiger partial charge is 0.303 e. The zero-order chi connectivity index (χ0) is 36.2. The third kappa shape index (κ3) is 66.5. The molecule has 0 aliphatic heterocycles. The van der Waals surface area contributed by atoms with Crippen molar-refractivity contribution in [2.24, 2.45) is 0 Å². The predicted molar refractivity (Wildman–Crippen MR) is 206 cm³/mol. The van der Waals surface area contributed by atoms with Crippen molar-refractivity contribution in [1.29, 1.82) is 0 Å². The Balaban J connectivity index is -0.000000307. The van der Waals surface area contributed by atoms with Gasteiger partial charge < -0.3 is 15.3 Å². The van der Waals surface area contributed by atoms with Gasteiger partial charge in [-0.1, -0.05) is 213 Å². The van der Waals surface area contributed by atoms with E-state index in [9.17, 15) is 14.4 Å². The summed E-state index contributed by atoms with van der Waals surface area (Å²) in [4.78, 5) is 30.8. The van der Waals surface area contributed by atoms with Crippen LogP contribution in [0.1, 0.15) is 252 Å². The minimum absolute atomic E-state index is 0. The van der Waals surface area contributed by atoms with Gasteiger partial charge in [0.2, 0.25) is 0 Å². The second-order valence-electron chi connectivity index (χ2n) is 14.0. The molecule has 0 atom stereocenters. The third-order valence-corrected chi connectivity index (χ3v) is 8.98. The number of hydrogen-bond acceptors (Lipinski definition) is 3. The Morgan fingerprint density at radius 1 is 0.265 bits per heavy atom. The first-order valence-electron chi connectivity index (χ1n) is 21.0. The van der Waals surface area contributed by atoms with Crippen LogP contribution in [0.3, 0.4) is 0 Å². The molecule has 0 aromatic carbocycles. The van der Waals surface area contributed by atoms with Crippen LogP contribution in [0.2, 0.25) is 0 Å². The predicted octanol–water partition coefficient (Wildman–Crippen LogP) is 14.3. The summed E-state index contributed by atoms with van der Waals surface area (Å²) in [5.41, 5.74) is 0. The fraction of sp³-hybridized carbons (Fsp3) is 0.929. The van der Waals surface area contributed by atoms with E-state index in [4.69, 9.17) is 15.3 Å². The second kappa shape index (κ2) is 52.0. The molecule has 0 rings (SSSR count). The van der Waals surface area contributed by atoms with E-state index in [0.29, 0.717) is 19.3 Å². The van der Waals surface area contributed by atoms with Crippen LogP contribution >= 0.6 is 0 Å². The number of carboxylic acids is 3. The monoisotopic (exact) mass is 850 g/mol. The second-order valence-corrected chi connectivity index (χ2v) is 14.0. The molecule has 0 bridgehead atoms. The first-order valence-corrected chi connectivity index (χ1v) is 21.0. The molecule has 3 N–H and O–H groups in total. The molecule has 0 spiro atoms. The van der Waals surface area contributed by atoms with Crippen molar-refractivity contribution >= 4 is 17.9 Å². The first-order chi connectivity index (χ1) is 23.3. The maximum absolute atomic E-state index is 10.3. The molecular formula is C42H84HoO6. The van der Waals surface area contributed by atoms with Crippen LogP contribution in [0.25, 0.3) is 0 Å². The standard InChI is InChI=1S/3C14H28O2.Ho/c3*1-2-3-4-5-6-7-8-9-10-11-12-13-14(15)16;/h3*2-13H2,1H3,(H,15,16);. The van der Waals surface area contributed by atoms with E-state index < -0.39 is 17.9 Å².